The van der Waals surface area contributed by atoms with Crippen molar-refractivity contribution in [3.05, 3.63) is 58.5 Å². The van der Waals surface area contributed by atoms with E-state index in [1.165, 1.54) is 11.8 Å². The molecule has 0 spiro atoms. The first kappa shape index (κ1) is 10.8. The number of alkyl halides is 1. The molecule has 0 saturated carbocycles. The number of carbonyl (C=O) groups is 1. The van der Waals surface area contributed by atoms with Gasteiger partial charge in [0.15, 0.2) is 0 Å². The van der Waals surface area contributed by atoms with Gasteiger partial charge in [-0.25, -0.2) is 4.99 Å². The van der Waals surface area contributed by atoms with Crippen LogP contribution in [0.25, 0.3) is 0 Å². The van der Waals surface area contributed by atoms with E-state index < -0.39 is 0 Å². The largest absolute Gasteiger partial charge is 0.278 e. The van der Waals surface area contributed by atoms with Crippen LogP contribution in [0.15, 0.2) is 58.0 Å². The second-order valence-corrected chi connectivity index (χ2v) is 5.64. The number of hydrogen-bond acceptors (Lipinski definition) is 2. The Bertz CT molecular complexity index is 574. The minimum atomic E-state index is -0.197. The summed E-state index contributed by atoms with van der Waals surface area (Å²) in [7, 11) is 0. The molecule has 0 aromatic heterocycles. The van der Waals surface area contributed by atoms with Crippen LogP contribution in [-0.2, 0) is 4.79 Å². The van der Waals surface area contributed by atoms with E-state index in [0.29, 0.717) is 11.3 Å². The summed E-state index contributed by atoms with van der Waals surface area (Å²) in [6.45, 7) is 0. The monoisotopic (exact) mass is 261 g/mol. The van der Waals surface area contributed by atoms with Crippen LogP contribution in [0.3, 0.4) is 0 Å². The highest BCUT2D eigenvalue weighted by molar-refractivity contribution is 8.05. The molecule has 0 radical (unpaired) electrons. The molecule has 0 aliphatic carbocycles. The second-order valence-electron chi connectivity index (χ2n) is 3.73. The number of halogens is 1. The number of thioether (sulfide) groups is 1. The molecule has 4 heteroatoms. The number of aliphatic imine (C=N–C) groups is 1. The van der Waals surface area contributed by atoms with Gasteiger partial charge in [0.1, 0.15) is 4.71 Å². The van der Waals surface area contributed by atoms with Crippen molar-refractivity contribution < 1.29 is 4.79 Å². The van der Waals surface area contributed by atoms with Crippen LogP contribution in [0.4, 0.5) is 0 Å². The fourth-order valence-corrected chi connectivity index (χ4v) is 3.13. The van der Waals surface area contributed by atoms with Crippen molar-refractivity contribution in [1.82, 2.24) is 0 Å². The lowest BCUT2D eigenvalue weighted by atomic mass is 10.1. The molecule has 2 heterocycles. The summed E-state index contributed by atoms with van der Waals surface area (Å²) in [6.07, 6.45) is 3.68. The summed E-state index contributed by atoms with van der Waals surface area (Å²) < 4.78 is -0.162. The first-order valence-electron chi connectivity index (χ1n) is 5.17. The maximum Gasteiger partial charge on any atom is 0.278 e. The summed E-state index contributed by atoms with van der Waals surface area (Å²) in [4.78, 5) is 16.8. The van der Waals surface area contributed by atoms with Crippen LogP contribution in [0, 0.1) is 0 Å². The SMILES string of the molecule is O=C1N=C(c2ccccc2)C=C2SC(Cl)C=C12. The van der Waals surface area contributed by atoms with Crippen LogP contribution in [0.5, 0.6) is 0 Å². The summed E-state index contributed by atoms with van der Waals surface area (Å²) in [5.74, 6) is -0.197. The van der Waals surface area contributed by atoms with Crippen LogP contribution in [0.2, 0.25) is 0 Å². The summed E-state index contributed by atoms with van der Waals surface area (Å²) in [6, 6.07) is 9.67. The van der Waals surface area contributed by atoms with Crippen molar-refractivity contribution >= 4 is 35.0 Å². The Hall–Kier alpha value is -1.32. The van der Waals surface area contributed by atoms with E-state index in [-0.39, 0.29) is 10.6 Å². The standard InChI is InChI=1S/C13H8ClNOS/c14-12-6-9-11(17-12)7-10(15-13(9)16)8-4-2-1-3-5-8/h1-7,12H. The Morgan fingerprint density at radius 1 is 1.24 bits per heavy atom. The topological polar surface area (TPSA) is 29.4 Å². The zero-order chi connectivity index (χ0) is 11.8. The quantitative estimate of drug-likeness (QED) is 0.727. The summed E-state index contributed by atoms with van der Waals surface area (Å²) >= 11 is 7.47. The van der Waals surface area contributed by atoms with Gasteiger partial charge in [0, 0.05) is 10.5 Å². The summed E-state index contributed by atoms with van der Waals surface area (Å²) in [5, 5.41) is 0. The fourth-order valence-electron chi connectivity index (χ4n) is 1.80. The van der Waals surface area contributed by atoms with Gasteiger partial charge >= 0.3 is 0 Å². The van der Waals surface area contributed by atoms with E-state index in [1.54, 1.807) is 6.08 Å². The first-order chi connectivity index (χ1) is 8.24. The molecule has 1 aromatic carbocycles. The lowest BCUT2D eigenvalue weighted by molar-refractivity contribution is -0.114. The van der Waals surface area contributed by atoms with Crippen LogP contribution in [0.1, 0.15) is 5.56 Å². The number of benzene rings is 1. The number of amides is 1. The number of dihydropyridines is 1. The Labute approximate surface area is 108 Å². The number of carbonyl (C=O) groups excluding carboxylic acids is 1. The molecular weight excluding hydrogens is 254 g/mol. The molecule has 3 rings (SSSR count). The van der Waals surface area contributed by atoms with Crippen molar-refractivity contribution in [2.24, 2.45) is 4.99 Å². The molecule has 0 bridgehead atoms. The molecule has 2 nitrogen and oxygen atoms in total. The molecule has 84 valence electrons. The molecule has 0 saturated heterocycles. The Kier molecular flexibility index (Phi) is 2.65. The third kappa shape index (κ3) is 1.96. The Morgan fingerprint density at radius 3 is 2.76 bits per heavy atom. The smallest absolute Gasteiger partial charge is 0.267 e. The second kappa shape index (κ2) is 4.17. The van der Waals surface area contributed by atoms with Gasteiger partial charge in [-0.05, 0) is 12.2 Å². The van der Waals surface area contributed by atoms with E-state index in [2.05, 4.69) is 4.99 Å². The molecule has 17 heavy (non-hydrogen) atoms. The molecule has 1 aromatic rings. The van der Waals surface area contributed by atoms with E-state index in [0.717, 1.165) is 10.5 Å². The van der Waals surface area contributed by atoms with E-state index in [1.807, 2.05) is 36.4 Å². The zero-order valence-corrected chi connectivity index (χ0v) is 10.3. The van der Waals surface area contributed by atoms with Crippen LogP contribution >= 0.6 is 23.4 Å². The normalized spacial score (nSPS) is 22.8. The van der Waals surface area contributed by atoms with Crippen LogP contribution in [-0.4, -0.2) is 16.3 Å². The highest BCUT2D eigenvalue weighted by atomic mass is 35.5. The Morgan fingerprint density at radius 2 is 2.00 bits per heavy atom. The van der Waals surface area contributed by atoms with Gasteiger partial charge in [0.2, 0.25) is 0 Å². The van der Waals surface area contributed by atoms with E-state index >= 15 is 0 Å². The third-order valence-corrected chi connectivity index (χ3v) is 3.94. The maximum atomic E-state index is 11.8. The van der Waals surface area contributed by atoms with Crippen molar-refractivity contribution in [1.29, 1.82) is 0 Å². The predicted molar refractivity (Wildman–Crippen MR) is 71.4 cm³/mol. The summed E-state index contributed by atoms with van der Waals surface area (Å²) in [5.41, 5.74) is 2.29. The van der Waals surface area contributed by atoms with Crippen LogP contribution < -0.4 is 0 Å². The van der Waals surface area contributed by atoms with Gasteiger partial charge in [-0.1, -0.05) is 30.3 Å². The van der Waals surface area contributed by atoms with Gasteiger partial charge in [0.05, 0.1) is 11.3 Å². The lowest BCUT2D eigenvalue weighted by Gasteiger charge is -2.10. The molecule has 0 fully saturated rings. The predicted octanol–water partition coefficient (Wildman–Crippen LogP) is 3.14. The molecule has 1 atom stereocenters. The molecule has 0 N–H and O–H groups in total. The van der Waals surface area contributed by atoms with Crippen molar-refractivity contribution in [3.8, 4) is 0 Å². The highest BCUT2D eigenvalue weighted by Gasteiger charge is 2.28. The number of nitrogens with zero attached hydrogens (tertiary/aromatic N) is 1. The van der Waals surface area contributed by atoms with Gasteiger partial charge in [-0.3, -0.25) is 4.79 Å². The van der Waals surface area contributed by atoms with Crippen molar-refractivity contribution in [2.45, 2.75) is 4.71 Å². The van der Waals surface area contributed by atoms with Crippen molar-refractivity contribution in [3.63, 3.8) is 0 Å². The number of allylic oxidation sites excluding steroid dienone is 1. The zero-order valence-electron chi connectivity index (χ0n) is 8.76. The van der Waals surface area contributed by atoms with Crippen molar-refractivity contribution in [2.75, 3.05) is 0 Å². The molecule has 1 amide bonds. The highest BCUT2D eigenvalue weighted by Crippen LogP contribution is 2.41. The van der Waals surface area contributed by atoms with E-state index in [9.17, 15) is 4.79 Å². The minimum Gasteiger partial charge on any atom is -0.267 e. The lowest BCUT2D eigenvalue weighted by Crippen LogP contribution is -2.11. The Balaban J connectivity index is 2.04. The molecule has 1 unspecified atom stereocenters. The fraction of sp³-hybridized carbons (Fsp3) is 0.0769. The average Bonchev–Trinajstić information content (AvgIpc) is 2.71. The molecular formula is C13H8ClNOS. The van der Waals surface area contributed by atoms with Gasteiger partial charge in [-0.15, -0.1) is 23.4 Å². The maximum absolute atomic E-state index is 11.8. The minimum absolute atomic E-state index is 0.162. The average molecular weight is 262 g/mol. The van der Waals surface area contributed by atoms with Gasteiger partial charge in [-0.2, -0.15) is 0 Å². The van der Waals surface area contributed by atoms with Gasteiger partial charge < -0.3 is 0 Å². The number of fused-ring (bicyclic) bond motifs is 1. The first-order valence-corrected chi connectivity index (χ1v) is 6.49. The van der Waals surface area contributed by atoms with Gasteiger partial charge in [0.25, 0.3) is 5.91 Å². The number of rotatable bonds is 1. The van der Waals surface area contributed by atoms with E-state index in [4.69, 9.17) is 11.6 Å². The molecule has 2 aliphatic heterocycles. The third-order valence-electron chi connectivity index (χ3n) is 2.59. The number of hydrogen-bond donors (Lipinski definition) is 0. The molecule has 2 aliphatic rings.